The van der Waals surface area contributed by atoms with Gasteiger partial charge in [0.15, 0.2) is 0 Å². The first-order valence-electron chi connectivity index (χ1n) is 7.64. The van der Waals surface area contributed by atoms with Gasteiger partial charge in [-0.15, -0.1) is 0 Å². The van der Waals surface area contributed by atoms with E-state index in [0.717, 1.165) is 17.7 Å². The molecule has 122 valence electrons. The summed E-state index contributed by atoms with van der Waals surface area (Å²) < 4.78 is 5.85. The van der Waals surface area contributed by atoms with Gasteiger partial charge in [-0.2, -0.15) is 0 Å². The lowest BCUT2D eigenvalue weighted by Gasteiger charge is -2.39. The maximum atomic E-state index is 11.5. The number of halogens is 2. The van der Waals surface area contributed by atoms with E-state index in [1.54, 1.807) is 18.2 Å². The summed E-state index contributed by atoms with van der Waals surface area (Å²) in [4.78, 5) is 0. The van der Waals surface area contributed by atoms with Crippen molar-refractivity contribution in [2.24, 2.45) is 0 Å². The van der Waals surface area contributed by atoms with Gasteiger partial charge in [-0.3, -0.25) is 0 Å². The zero-order valence-corrected chi connectivity index (χ0v) is 14.1. The van der Waals surface area contributed by atoms with E-state index in [1.165, 1.54) is 0 Å². The van der Waals surface area contributed by atoms with Gasteiger partial charge in [-0.05, 0) is 29.3 Å². The minimum absolute atomic E-state index is 0.336. The Morgan fingerprint density at radius 1 is 1.17 bits per heavy atom. The predicted molar refractivity (Wildman–Crippen MR) is 93.1 cm³/mol. The second kappa shape index (κ2) is 7.20. The van der Waals surface area contributed by atoms with Crippen molar-refractivity contribution in [3.8, 4) is 0 Å². The summed E-state index contributed by atoms with van der Waals surface area (Å²) in [6, 6.07) is 14.9. The molecule has 2 aromatic carbocycles. The largest absolute Gasteiger partial charge is 0.382 e. The minimum atomic E-state index is -1.18. The van der Waals surface area contributed by atoms with E-state index in [1.807, 2.05) is 30.3 Å². The topological polar surface area (TPSA) is 41.5 Å². The van der Waals surface area contributed by atoms with Crippen LogP contribution in [0.3, 0.4) is 0 Å². The highest BCUT2D eigenvalue weighted by molar-refractivity contribution is 6.33. The first kappa shape index (κ1) is 16.7. The Morgan fingerprint density at radius 3 is 2.65 bits per heavy atom. The van der Waals surface area contributed by atoms with Crippen LogP contribution in [0.2, 0.25) is 10.0 Å². The zero-order chi connectivity index (χ0) is 16.3. The van der Waals surface area contributed by atoms with Gasteiger partial charge in [0.2, 0.25) is 0 Å². The van der Waals surface area contributed by atoms with E-state index in [9.17, 15) is 5.11 Å². The third kappa shape index (κ3) is 3.70. The van der Waals surface area contributed by atoms with Gasteiger partial charge in [0.05, 0.1) is 6.61 Å². The van der Waals surface area contributed by atoms with Crippen LogP contribution < -0.4 is 5.32 Å². The average molecular weight is 352 g/mol. The summed E-state index contributed by atoms with van der Waals surface area (Å²) in [6.45, 7) is 1.95. The number of ether oxygens (including phenoxy) is 1. The van der Waals surface area contributed by atoms with Gasteiger partial charge in [0.25, 0.3) is 0 Å². The summed E-state index contributed by atoms with van der Waals surface area (Å²) in [5.74, 6) is 0. The molecule has 1 heterocycles. The van der Waals surface area contributed by atoms with Crippen LogP contribution in [0.5, 0.6) is 0 Å². The monoisotopic (exact) mass is 351 g/mol. The van der Waals surface area contributed by atoms with E-state index >= 15 is 0 Å². The smallest absolute Gasteiger partial charge is 0.121 e. The molecule has 23 heavy (non-hydrogen) atoms. The maximum Gasteiger partial charge on any atom is 0.121 e. The molecule has 0 bridgehead atoms. The van der Waals surface area contributed by atoms with Crippen molar-refractivity contribution in [1.82, 2.24) is 5.32 Å². The van der Waals surface area contributed by atoms with Gasteiger partial charge in [0.1, 0.15) is 11.7 Å². The fourth-order valence-electron chi connectivity index (χ4n) is 2.97. The fraction of sp³-hybridized carbons (Fsp3) is 0.333. The van der Waals surface area contributed by atoms with Crippen LogP contribution >= 0.6 is 23.2 Å². The molecule has 0 spiro atoms. The summed E-state index contributed by atoms with van der Waals surface area (Å²) >= 11 is 12.4. The summed E-state index contributed by atoms with van der Waals surface area (Å²) in [5, 5.41) is 16.0. The molecule has 3 nitrogen and oxygen atoms in total. The van der Waals surface area contributed by atoms with Crippen LogP contribution in [0, 0.1) is 0 Å². The van der Waals surface area contributed by atoms with Crippen LogP contribution in [-0.2, 0) is 16.8 Å². The van der Waals surface area contributed by atoms with Crippen LogP contribution in [0.25, 0.3) is 0 Å². The maximum absolute atomic E-state index is 11.5. The number of rotatable bonds is 4. The van der Waals surface area contributed by atoms with Gasteiger partial charge in [-0.1, -0.05) is 53.5 Å². The van der Waals surface area contributed by atoms with Gasteiger partial charge in [0, 0.05) is 29.6 Å². The van der Waals surface area contributed by atoms with Crippen LogP contribution in [0.1, 0.15) is 11.1 Å². The van der Waals surface area contributed by atoms with Crippen molar-refractivity contribution in [2.75, 3.05) is 19.7 Å². The Morgan fingerprint density at radius 2 is 1.96 bits per heavy atom. The lowest BCUT2D eigenvalue weighted by molar-refractivity contribution is -0.124. The summed E-state index contributed by atoms with van der Waals surface area (Å²) in [5.41, 5.74) is 0.438. The number of aliphatic hydroxyl groups is 1. The quantitative estimate of drug-likeness (QED) is 0.886. The van der Waals surface area contributed by atoms with Crippen molar-refractivity contribution in [3.63, 3.8) is 0 Å². The third-order valence-corrected chi connectivity index (χ3v) is 4.81. The van der Waals surface area contributed by atoms with Crippen molar-refractivity contribution < 1.29 is 9.84 Å². The van der Waals surface area contributed by atoms with E-state index in [4.69, 9.17) is 27.9 Å². The van der Waals surface area contributed by atoms with Crippen molar-refractivity contribution in [3.05, 3.63) is 69.7 Å². The van der Waals surface area contributed by atoms with Crippen LogP contribution in [0.15, 0.2) is 48.5 Å². The molecule has 2 atom stereocenters. The summed E-state index contributed by atoms with van der Waals surface area (Å²) in [6.07, 6.45) is -0.0170. The molecular formula is C18H19Cl2NO2. The highest BCUT2D eigenvalue weighted by Gasteiger charge is 2.40. The molecule has 0 radical (unpaired) electrons. The highest BCUT2D eigenvalue weighted by atomic mass is 35.5. The predicted octanol–water partition coefficient (Wildman–Crippen LogP) is 3.41. The van der Waals surface area contributed by atoms with Gasteiger partial charge in [-0.25, -0.2) is 0 Å². The van der Waals surface area contributed by atoms with E-state index in [0.29, 0.717) is 29.6 Å². The molecular weight excluding hydrogens is 333 g/mol. The number of hydrogen-bond acceptors (Lipinski definition) is 3. The fourth-order valence-corrected chi connectivity index (χ4v) is 3.35. The van der Waals surface area contributed by atoms with Gasteiger partial charge >= 0.3 is 0 Å². The van der Waals surface area contributed by atoms with E-state index < -0.39 is 5.60 Å². The Bertz CT molecular complexity index is 659. The zero-order valence-electron chi connectivity index (χ0n) is 12.6. The number of hydrogen-bond donors (Lipinski definition) is 2. The van der Waals surface area contributed by atoms with Crippen molar-refractivity contribution in [1.29, 1.82) is 0 Å². The summed E-state index contributed by atoms with van der Waals surface area (Å²) in [7, 11) is 0. The molecule has 1 fully saturated rings. The minimum Gasteiger partial charge on any atom is -0.382 e. The normalized spacial score (nSPS) is 20.9. The standard InChI is InChI=1S/C18H19Cl2NO2/c19-15-6-7-16(20)13(10-15)11-18(22,14-4-2-1-3-5-14)17-12-21-8-9-23-17/h1-7,10,17,21-22H,8-9,11-12H2. The van der Waals surface area contributed by atoms with E-state index in [2.05, 4.69) is 5.32 Å². The lowest BCUT2D eigenvalue weighted by Crippen LogP contribution is -2.52. The molecule has 2 unspecified atom stereocenters. The van der Waals surface area contributed by atoms with Gasteiger partial charge < -0.3 is 15.2 Å². The van der Waals surface area contributed by atoms with Crippen molar-refractivity contribution >= 4 is 23.2 Å². The lowest BCUT2D eigenvalue weighted by atomic mass is 9.82. The van der Waals surface area contributed by atoms with E-state index in [-0.39, 0.29) is 6.10 Å². The Balaban J connectivity index is 1.99. The molecule has 3 rings (SSSR count). The second-order valence-corrected chi connectivity index (χ2v) is 6.61. The number of morpholine rings is 1. The first-order valence-corrected chi connectivity index (χ1v) is 8.39. The molecule has 1 saturated heterocycles. The molecule has 0 aliphatic carbocycles. The molecule has 0 amide bonds. The first-order chi connectivity index (χ1) is 11.1. The molecule has 5 heteroatoms. The SMILES string of the molecule is OC(Cc1cc(Cl)ccc1Cl)(c1ccccc1)C1CNCCO1. The molecule has 1 aliphatic rings. The Labute approximate surface area is 146 Å². The van der Waals surface area contributed by atoms with Crippen LogP contribution in [0.4, 0.5) is 0 Å². The van der Waals surface area contributed by atoms with Crippen LogP contribution in [-0.4, -0.2) is 30.9 Å². The highest BCUT2D eigenvalue weighted by Crippen LogP contribution is 2.34. The number of benzene rings is 2. The number of nitrogens with one attached hydrogen (secondary N) is 1. The Kier molecular flexibility index (Phi) is 5.24. The molecule has 0 saturated carbocycles. The third-order valence-electron chi connectivity index (χ3n) is 4.20. The molecule has 0 aromatic heterocycles. The average Bonchev–Trinajstić information content (AvgIpc) is 2.59. The second-order valence-electron chi connectivity index (χ2n) is 5.77. The molecule has 1 aliphatic heterocycles. The molecule has 2 aromatic rings. The Hall–Kier alpha value is -1.10. The molecule has 2 N–H and O–H groups in total. The van der Waals surface area contributed by atoms with Crippen molar-refractivity contribution in [2.45, 2.75) is 18.1 Å².